The summed E-state index contributed by atoms with van der Waals surface area (Å²) in [4.78, 5) is 0. The summed E-state index contributed by atoms with van der Waals surface area (Å²) in [7, 11) is 0. The van der Waals surface area contributed by atoms with Gasteiger partial charge in [-0.15, -0.1) is 0 Å². The Hall–Kier alpha value is -1.16. The molecule has 0 aliphatic heterocycles. The third-order valence-corrected chi connectivity index (χ3v) is 2.20. The molecule has 1 rings (SSSR count). The topological polar surface area (TPSA) is 119 Å². The number of anilines is 2. The van der Waals surface area contributed by atoms with Gasteiger partial charge in [0, 0.05) is 0 Å². The van der Waals surface area contributed by atoms with Crippen LogP contribution in [0.5, 0.6) is 5.75 Å². The van der Waals surface area contributed by atoms with Crippen molar-refractivity contribution >= 4 is 33.9 Å². The van der Waals surface area contributed by atoms with Gasteiger partial charge in [0.2, 0.25) is 0 Å². The van der Waals surface area contributed by atoms with E-state index < -0.39 is 22.5 Å². The van der Waals surface area contributed by atoms with E-state index >= 15 is 0 Å². The highest BCUT2D eigenvalue weighted by molar-refractivity contribution is 7.80. The molecule has 5 N–H and O–H groups in total. The van der Waals surface area contributed by atoms with E-state index in [0.29, 0.717) is 0 Å². The van der Waals surface area contributed by atoms with Gasteiger partial charge in [-0.2, -0.15) is 0 Å². The molecule has 2 unspecified atom stereocenters. The maximum absolute atomic E-state index is 10.4. The van der Waals surface area contributed by atoms with E-state index in [-0.39, 0.29) is 17.1 Å². The lowest BCUT2D eigenvalue weighted by atomic mass is 10.3. The average molecular weight is 252 g/mol. The van der Waals surface area contributed by atoms with Crippen LogP contribution in [0.3, 0.4) is 0 Å². The molecular formula is C6H8N2O5S2. The van der Waals surface area contributed by atoms with Gasteiger partial charge < -0.3 is 5.11 Å². The fraction of sp³-hybridized carbons (Fsp3) is 0. The Balaban J connectivity index is 2.94. The number of rotatable bonds is 4. The van der Waals surface area contributed by atoms with Crippen molar-refractivity contribution in [2.45, 2.75) is 0 Å². The van der Waals surface area contributed by atoms with Crippen LogP contribution in [0.25, 0.3) is 0 Å². The van der Waals surface area contributed by atoms with Crippen LogP contribution in [-0.4, -0.2) is 22.6 Å². The van der Waals surface area contributed by atoms with Crippen LogP contribution >= 0.6 is 0 Å². The Bertz CT molecular complexity index is 411. The van der Waals surface area contributed by atoms with E-state index in [2.05, 4.69) is 4.72 Å². The minimum Gasteiger partial charge on any atom is -0.506 e. The van der Waals surface area contributed by atoms with Crippen LogP contribution in [0.4, 0.5) is 11.4 Å². The van der Waals surface area contributed by atoms with E-state index in [1.165, 1.54) is 18.2 Å². The van der Waals surface area contributed by atoms with E-state index in [9.17, 15) is 13.5 Å². The van der Waals surface area contributed by atoms with Gasteiger partial charge >= 0.3 is 0 Å². The Morgan fingerprint density at radius 3 is 2.20 bits per heavy atom. The summed E-state index contributed by atoms with van der Waals surface area (Å²) in [5.74, 6) is -0.244. The molecule has 0 aromatic heterocycles. The highest BCUT2D eigenvalue weighted by atomic mass is 32.2. The minimum absolute atomic E-state index is 0.0220. The lowest BCUT2D eigenvalue weighted by molar-refractivity contribution is 0.477. The first-order valence-corrected chi connectivity index (χ1v) is 5.78. The Kier molecular flexibility index (Phi) is 4.03. The van der Waals surface area contributed by atoms with Crippen LogP contribution in [0.2, 0.25) is 0 Å². The standard InChI is InChI=1S/C6H8N2O5S2/c9-6-2-1-4(7-14(10)11)3-5(6)8-15(12)13/h1-3,7-9H,(H,10,11)(H,12,13). The van der Waals surface area contributed by atoms with Crippen molar-refractivity contribution in [3.05, 3.63) is 18.2 Å². The first-order valence-electron chi connectivity index (χ1n) is 3.57. The highest BCUT2D eigenvalue weighted by Gasteiger charge is 2.05. The Morgan fingerprint density at radius 1 is 1.07 bits per heavy atom. The molecule has 15 heavy (non-hydrogen) atoms. The smallest absolute Gasteiger partial charge is 0.259 e. The number of phenols is 1. The van der Waals surface area contributed by atoms with Crippen molar-refractivity contribution in [1.82, 2.24) is 0 Å². The summed E-state index contributed by atoms with van der Waals surface area (Å²) < 4.78 is 42.0. The molecule has 2 atom stereocenters. The number of hydrogen-bond donors (Lipinski definition) is 5. The third-order valence-electron chi connectivity index (χ3n) is 1.40. The van der Waals surface area contributed by atoms with Crippen LogP contribution in [0.1, 0.15) is 0 Å². The largest absolute Gasteiger partial charge is 0.506 e. The molecule has 0 aliphatic rings. The summed E-state index contributed by atoms with van der Waals surface area (Å²) in [6.07, 6.45) is 0. The molecule has 0 saturated heterocycles. The highest BCUT2D eigenvalue weighted by Crippen LogP contribution is 2.26. The predicted octanol–water partition coefficient (Wildman–Crippen LogP) is 0.489. The number of benzene rings is 1. The van der Waals surface area contributed by atoms with Crippen molar-refractivity contribution < 1.29 is 22.6 Å². The molecule has 7 nitrogen and oxygen atoms in total. The summed E-state index contributed by atoms with van der Waals surface area (Å²) in [6, 6.07) is 3.77. The molecule has 0 radical (unpaired) electrons. The molecule has 0 amide bonds. The Labute approximate surface area is 90.4 Å². The second-order valence-electron chi connectivity index (χ2n) is 2.43. The zero-order valence-corrected chi connectivity index (χ0v) is 8.84. The summed E-state index contributed by atoms with van der Waals surface area (Å²) in [5.41, 5.74) is 0.202. The molecule has 0 aliphatic carbocycles. The predicted molar refractivity (Wildman–Crippen MR) is 56.9 cm³/mol. The molecule has 0 saturated carbocycles. The molecule has 1 aromatic rings. The summed E-state index contributed by atoms with van der Waals surface area (Å²) >= 11 is -4.57. The molecule has 0 bridgehead atoms. The van der Waals surface area contributed by atoms with Gasteiger partial charge in [0.25, 0.3) is 22.5 Å². The summed E-state index contributed by atoms with van der Waals surface area (Å²) in [6.45, 7) is 0. The maximum Gasteiger partial charge on any atom is 0.259 e. The van der Waals surface area contributed by atoms with Gasteiger partial charge in [-0.25, -0.2) is 8.42 Å². The fourth-order valence-corrected chi connectivity index (χ4v) is 1.56. The minimum atomic E-state index is -2.32. The summed E-state index contributed by atoms with van der Waals surface area (Å²) in [5, 5.41) is 9.24. The molecule has 84 valence electrons. The van der Waals surface area contributed by atoms with Crippen LogP contribution in [0.15, 0.2) is 18.2 Å². The molecule has 0 heterocycles. The lowest BCUT2D eigenvalue weighted by Gasteiger charge is -2.07. The van der Waals surface area contributed by atoms with Crippen molar-refractivity contribution in [3.8, 4) is 5.75 Å². The zero-order valence-electron chi connectivity index (χ0n) is 7.21. The van der Waals surface area contributed by atoms with Crippen molar-refractivity contribution in [3.63, 3.8) is 0 Å². The van der Waals surface area contributed by atoms with E-state index in [0.717, 1.165) is 0 Å². The molecule has 9 heteroatoms. The molecular weight excluding hydrogens is 244 g/mol. The van der Waals surface area contributed by atoms with Crippen molar-refractivity contribution in [2.24, 2.45) is 0 Å². The van der Waals surface area contributed by atoms with Gasteiger partial charge in [0.05, 0.1) is 11.4 Å². The van der Waals surface area contributed by atoms with Gasteiger partial charge in [0.15, 0.2) is 0 Å². The van der Waals surface area contributed by atoms with Gasteiger partial charge in [-0.05, 0) is 18.2 Å². The first-order chi connectivity index (χ1) is 6.99. The number of nitrogens with one attached hydrogen (secondary N) is 2. The first kappa shape index (κ1) is 11.9. The number of phenolic OH excluding ortho intramolecular Hbond substituents is 1. The zero-order chi connectivity index (χ0) is 11.4. The normalized spacial score (nSPS) is 14.3. The fourth-order valence-electron chi connectivity index (χ4n) is 0.876. The van der Waals surface area contributed by atoms with Gasteiger partial charge in [-0.1, -0.05) is 0 Å². The SMILES string of the molecule is O=S(O)Nc1ccc(O)c(NS(=O)O)c1. The lowest BCUT2D eigenvalue weighted by Crippen LogP contribution is -2.05. The van der Waals surface area contributed by atoms with Gasteiger partial charge in [0.1, 0.15) is 5.75 Å². The average Bonchev–Trinajstić information content (AvgIpc) is 2.09. The number of aromatic hydroxyl groups is 1. The second-order valence-corrected chi connectivity index (χ2v) is 3.84. The van der Waals surface area contributed by atoms with E-state index in [1.54, 1.807) is 0 Å². The maximum atomic E-state index is 10.4. The van der Waals surface area contributed by atoms with E-state index in [1.807, 2.05) is 4.72 Å². The van der Waals surface area contributed by atoms with Crippen molar-refractivity contribution in [2.75, 3.05) is 9.44 Å². The third kappa shape index (κ3) is 3.83. The van der Waals surface area contributed by atoms with Crippen LogP contribution < -0.4 is 9.44 Å². The molecule has 0 spiro atoms. The van der Waals surface area contributed by atoms with Crippen molar-refractivity contribution in [1.29, 1.82) is 0 Å². The quantitative estimate of drug-likeness (QED) is 0.303. The monoisotopic (exact) mass is 252 g/mol. The van der Waals surface area contributed by atoms with Crippen LogP contribution in [0, 0.1) is 0 Å². The Morgan fingerprint density at radius 2 is 1.67 bits per heavy atom. The molecule has 0 fully saturated rings. The van der Waals surface area contributed by atoms with E-state index in [4.69, 9.17) is 9.11 Å². The second kappa shape index (κ2) is 5.07. The number of hydrogen-bond acceptors (Lipinski definition) is 3. The van der Waals surface area contributed by atoms with Gasteiger partial charge in [-0.3, -0.25) is 18.5 Å². The van der Waals surface area contributed by atoms with Crippen LogP contribution in [-0.2, 0) is 22.5 Å². The molecule has 1 aromatic carbocycles.